The van der Waals surface area contributed by atoms with Gasteiger partial charge >= 0.3 is 5.97 Å². The molecule has 0 spiro atoms. The first-order valence-corrected chi connectivity index (χ1v) is 4.27. The molecule has 1 aromatic carbocycles. The van der Waals surface area contributed by atoms with Crippen LogP contribution in [0.1, 0.15) is 0 Å². The maximum absolute atomic E-state index is 11.0. The van der Waals surface area contributed by atoms with Crippen LogP contribution in [0.2, 0.25) is 0 Å². The minimum Gasteiger partial charge on any atom is -0.482 e. The van der Waals surface area contributed by atoms with Gasteiger partial charge in [-0.3, -0.25) is 0 Å². The largest absolute Gasteiger partial charge is 0.482 e. The van der Waals surface area contributed by atoms with Crippen LogP contribution in [0, 0.1) is 0 Å². The van der Waals surface area contributed by atoms with Crippen LogP contribution in [0.5, 0.6) is 5.75 Å². The molecule has 0 aliphatic rings. The Hall–Kier alpha value is -1.77. The molecule has 1 rings (SSSR count). The molecule has 74 valence electrons. The van der Waals surface area contributed by atoms with E-state index in [1.165, 1.54) is 6.08 Å². The van der Waals surface area contributed by atoms with E-state index in [1.54, 1.807) is 12.1 Å². The summed E-state index contributed by atoms with van der Waals surface area (Å²) in [5, 5.41) is 0. The Labute approximate surface area is 83.0 Å². The summed E-state index contributed by atoms with van der Waals surface area (Å²) in [4.78, 5) is 11.0. The Balaban J connectivity index is 2.27. The number of rotatable bonds is 5. The zero-order valence-corrected chi connectivity index (χ0v) is 7.81. The number of hydrogen-bond donors (Lipinski definition) is 0. The normalized spacial score (nSPS) is 9.14. The van der Waals surface area contributed by atoms with Crippen LogP contribution < -0.4 is 4.74 Å². The van der Waals surface area contributed by atoms with E-state index in [4.69, 9.17) is 9.47 Å². The summed E-state index contributed by atoms with van der Waals surface area (Å²) in [7, 11) is 0. The molecule has 0 N–H and O–H groups in total. The van der Waals surface area contributed by atoms with Crippen molar-refractivity contribution in [2.24, 2.45) is 0 Å². The number of para-hydroxylation sites is 1. The average Bonchev–Trinajstić information content (AvgIpc) is 2.25. The summed E-state index contributed by atoms with van der Waals surface area (Å²) < 4.78 is 9.89. The van der Waals surface area contributed by atoms with Crippen molar-refractivity contribution < 1.29 is 14.3 Å². The first-order chi connectivity index (χ1) is 6.83. The van der Waals surface area contributed by atoms with Gasteiger partial charge in [-0.2, -0.15) is 0 Å². The Kier molecular flexibility index (Phi) is 4.27. The molecule has 0 aliphatic heterocycles. The maximum Gasteiger partial charge on any atom is 0.344 e. The van der Waals surface area contributed by atoms with Crippen LogP contribution in [0.25, 0.3) is 0 Å². The van der Waals surface area contributed by atoms with Gasteiger partial charge in [0.25, 0.3) is 0 Å². The van der Waals surface area contributed by atoms with Gasteiger partial charge < -0.3 is 9.47 Å². The molecule has 14 heavy (non-hydrogen) atoms. The van der Waals surface area contributed by atoms with Crippen LogP contribution in [-0.4, -0.2) is 19.2 Å². The van der Waals surface area contributed by atoms with Crippen LogP contribution in [0.4, 0.5) is 0 Å². The van der Waals surface area contributed by atoms with Gasteiger partial charge in [0.1, 0.15) is 12.4 Å². The van der Waals surface area contributed by atoms with E-state index in [9.17, 15) is 4.79 Å². The third-order valence-electron chi connectivity index (χ3n) is 1.46. The van der Waals surface area contributed by atoms with Crippen molar-refractivity contribution in [3.63, 3.8) is 0 Å². The molecule has 0 atom stereocenters. The van der Waals surface area contributed by atoms with Crippen molar-refractivity contribution in [1.29, 1.82) is 0 Å². The van der Waals surface area contributed by atoms with E-state index in [0.717, 1.165) is 0 Å². The SMILES string of the molecule is C=CCOC(=O)COc1ccccc1. The van der Waals surface area contributed by atoms with E-state index in [1.807, 2.05) is 18.2 Å². The summed E-state index contributed by atoms with van der Waals surface area (Å²) in [6.45, 7) is 3.58. The van der Waals surface area contributed by atoms with E-state index < -0.39 is 5.97 Å². The zero-order valence-electron chi connectivity index (χ0n) is 7.81. The molecule has 0 aromatic heterocycles. The number of carbonyl (C=O) groups excluding carboxylic acids is 1. The van der Waals surface area contributed by atoms with Gasteiger partial charge in [-0.05, 0) is 12.1 Å². The highest BCUT2D eigenvalue weighted by Gasteiger charge is 2.01. The smallest absolute Gasteiger partial charge is 0.344 e. The van der Waals surface area contributed by atoms with Crippen molar-refractivity contribution in [3.8, 4) is 5.75 Å². The summed E-state index contributed by atoms with van der Waals surface area (Å²) in [5.74, 6) is 0.261. The first kappa shape index (κ1) is 10.3. The molecule has 0 saturated carbocycles. The molecule has 0 heterocycles. The molecule has 0 radical (unpaired) electrons. The first-order valence-electron chi connectivity index (χ1n) is 4.27. The lowest BCUT2D eigenvalue weighted by atomic mass is 10.3. The topological polar surface area (TPSA) is 35.5 Å². The summed E-state index contributed by atoms with van der Waals surface area (Å²) >= 11 is 0. The Bertz CT molecular complexity index is 293. The molecule has 0 fully saturated rings. The van der Waals surface area contributed by atoms with E-state index in [2.05, 4.69) is 6.58 Å². The number of esters is 1. The molecule has 0 bridgehead atoms. The van der Waals surface area contributed by atoms with Gasteiger partial charge in [0.2, 0.25) is 0 Å². The van der Waals surface area contributed by atoms with Gasteiger partial charge in [-0.1, -0.05) is 30.9 Å². The zero-order chi connectivity index (χ0) is 10.2. The molecule has 0 amide bonds. The standard InChI is InChI=1S/C11H12O3/c1-2-8-13-11(12)9-14-10-6-4-3-5-7-10/h2-7H,1,8-9H2. The minimum atomic E-state index is -0.395. The number of ether oxygens (including phenoxy) is 2. The lowest BCUT2D eigenvalue weighted by molar-refractivity contribution is -0.144. The van der Waals surface area contributed by atoms with Gasteiger partial charge in [-0.25, -0.2) is 4.79 Å². The fraction of sp³-hybridized carbons (Fsp3) is 0.182. The predicted molar refractivity (Wildman–Crippen MR) is 53.1 cm³/mol. The molecule has 3 nitrogen and oxygen atoms in total. The third kappa shape index (κ3) is 3.76. The number of carbonyl (C=O) groups is 1. The fourth-order valence-corrected chi connectivity index (χ4v) is 0.853. The van der Waals surface area contributed by atoms with Crippen molar-refractivity contribution in [3.05, 3.63) is 43.0 Å². The van der Waals surface area contributed by atoms with Crippen LogP contribution in [0.15, 0.2) is 43.0 Å². The predicted octanol–water partition coefficient (Wildman–Crippen LogP) is 1.79. The van der Waals surface area contributed by atoms with Gasteiger partial charge in [0.15, 0.2) is 6.61 Å². The molecule has 0 unspecified atom stereocenters. The van der Waals surface area contributed by atoms with Gasteiger partial charge in [-0.15, -0.1) is 0 Å². The van der Waals surface area contributed by atoms with Crippen LogP contribution in [-0.2, 0) is 9.53 Å². The van der Waals surface area contributed by atoms with E-state index in [-0.39, 0.29) is 13.2 Å². The number of benzene rings is 1. The van der Waals surface area contributed by atoms with Gasteiger partial charge in [0.05, 0.1) is 0 Å². The maximum atomic E-state index is 11.0. The fourth-order valence-electron chi connectivity index (χ4n) is 0.853. The van der Waals surface area contributed by atoms with E-state index >= 15 is 0 Å². The van der Waals surface area contributed by atoms with Crippen LogP contribution in [0.3, 0.4) is 0 Å². The quantitative estimate of drug-likeness (QED) is 0.527. The van der Waals surface area contributed by atoms with Crippen molar-refractivity contribution in [2.45, 2.75) is 0 Å². The lowest BCUT2D eigenvalue weighted by Crippen LogP contribution is -2.14. The molecular weight excluding hydrogens is 180 g/mol. The molecular formula is C11H12O3. The molecule has 1 aromatic rings. The highest BCUT2D eigenvalue weighted by molar-refractivity contribution is 5.71. The summed E-state index contributed by atoms with van der Waals surface area (Å²) in [6.07, 6.45) is 1.51. The van der Waals surface area contributed by atoms with Crippen molar-refractivity contribution in [2.75, 3.05) is 13.2 Å². The summed E-state index contributed by atoms with van der Waals surface area (Å²) in [6, 6.07) is 9.11. The Morgan fingerprint density at radius 3 is 2.71 bits per heavy atom. The minimum absolute atomic E-state index is 0.0716. The average molecular weight is 192 g/mol. The second-order valence-electron chi connectivity index (χ2n) is 2.57. The van der Waals surface area contributed by atoms with E-state index in [0.29, 0.717) is 5.75 Å². The summed E-state index contributed by atoms with van der Waals surface area (Å²) in [5.41, 5.74) is 0. The number of hydrogen-bond acceptors (Lipinski definition) is 3. The monoisotopic (exact) mass is 192 g/mol. The third-order valence-corrected chi connectivity index (χ3v) is 1.46. The second-order valence-corrected chi connectivity index (χ2v) is 2.57. The van der Waals surface area contributed by atoms with Crippen molar-refractivity contribution >= 4 is 5.97 Å². The Morgan fingerprint density at radius 2 is 2.07 bits per heavy atom. The molecule has 0 aliphatic carbocycles. The lowest BCUT2D eigenvalue weighted by Gasteiger charge is -2.04. The van der Waals surface area contributed by atoms with Crippen LogP contribution >= 0.6 is 0 Å². The second kappa shape index (κ2) is 5.80. The molecule has 3 heteroatoms. The highest BCUT2D eigenvalue weighted by Crippen LogP contribution is 2.07. The molecule has 0 saturated heterocycles. The Morgan fingerprint density at radius 1 is 1.36 bits per heavy atom. The van der Waals surface area contributed by atoms with Gasteiger partial charge in [0, 0.05) is 0 Å². The van der Waals surface area contributed by atoms with Crippen molar-refractivity contribution in [1.82, 2.24) is 0 Å². The highest BCUT2D eigenvalue weighted by atomic mass is 16.6.